The van der Waals surface area contributed by atoms with Crippen molar-refractivity contribution in [2.45, 2.75) is 37.8 Å². The normalized spacial score (nSPS) is 12.1. The van der Waals surface area contributed by atoms with Crippen molar-refractivity contribution in [3.8, 4) is 0 Å². The van der Waals surface area contributed by atoms with Crippen molar-refractivity contribution in [2.75, 3.05) is 17.4 Å². The third-order valence-corrected chi connectivity index (χ3v) is 8.78. The van der Waals surface area contributed by atoms with E-state index in [9.17, 15) is 18.0 Å². The highest BCUT2D eigenvalue weighted by atomic mass is 35.5. The number of rotatable bonds is 11. The molecule has 0 aliphatic heterocycles. The molecule has 1 N–H and O–H groups in total. The zero-order valence-electron chi connectivity index (χ0n) is 21.2. The monoisotopic (exact) mass is 629 g/mol. The molecule has 0 saturated heterocycles. The molecule has 0 aromatic heterocycles. The quantitative estimate of drug-likeness (QED) is 0.264. The van der Waals surface area contributed by atoms with E-state index in [0.717, 1.165) is 4.31 Å². The highest BCUT2D eigenvalue weighted by Crippen LogP contribution is 2.31. The summed E-state index contributed by atoms with van der Waals surface area (Å²) in [5.41, 5.74) is 0.510. The molecule has 0 unspecified atom stereocenters. The number of anilines is 1. The topological polar surface area (TPSA) is 86.8 Å². The number of amides is 2. The van der Waals surface area contributed by atoms with Gasteiger partial charge in [0, 0.05) is 38.7 Å². The predicted octanol–water partition coefficient (Wildman–Crippen LogP) is 6.44. The Labute approximate surface area is 248 Å². The van der Waals surface area contributed by atoms with Crippen molar-refractivity contribution in [1.82, 2.24) is 10.2 Å². The number of nitrogens with zero attached hydrogens (tertiary/aromatic N) is 2. The van der Waals surface area contributed by atoms with Crippen LogP contribution < -0.4 is 9.62 Å². The van der Waals surface area contributed by atoms with Gasteiger partial charge < -0.3 is 10.2 Å². The molecule has 1 atom stereocenters. The van der Waals surface area contributed by atoms with Gasteiger partial charge in [-0.15, -0.1) is 0 Å². The van der Waals surface area contributed by atoms with Crippen LogP contribution in [0.5, 0.6) is 0 Å². The molecule has 0 radical (unpaired) electrons. The number of carbonyl (C=O) groups excluding carboxylic acids is 2. The lowest BCUT2D eigenvalue weighted by Gasteiger charge is -2.32. The molecule has 0 fully saturated rings. The van der Waals surface area contributed by atoms with Gasteiger partial charge in [0.25, 0.3) is 10.0 Å². The van der Waals surface area contributed by atoms with Crippen LogP contribution in [0.15, 0.2) is 71.6 Å². The molecule has 0 aliphatic carbocycles. The minimum absolute atomic E-state index is 0.0386. The molecule has 0 heterocycles. The van der Waals surface area contributed by atoms with E-state index in [0.29, 0.717) is 28.6 Å². The fourth-order valence-electron chi connectivity index (χ4n) is 3.76. The van der Waals surface area contributed by atoms with Crippen LogP contribution in [0, 0.1) is 0 Å². The lowest BCUT2D eigenvalue weighted by molar-refractivity contribution is -0.139. The predicted molar refractivity (Wildman–Crippen MR) is 157 cm³/mol. The van der Waals surface area contributed by atoms with Gasteiger partial charge in [0.1, 0.15) is 12.6 Å². The van der Waals surface area contributed by atoms with Crippen LogP contribution in [0.4, 0.5) is 5.69 Å². The maximum atomic E-state index is 13.9. The highest BCUT2D eigenvalue weighted by Gasteiger charge is 2.33. The summed E-state index contributed by atoms with van der Waals surface area (Å²) in [7, 11) is -4.25. The Kier molecular flexibility index (Phi) is 10.9. The second-order valence-electron chi connectivity index (χ2n) is 8.64. The van der Waals surface area contributed by atoms with E-state index >= 15 is 0 Å². The number of sulfonamides is 1. The first kappa shape index (κ1) is 31.0. The number of benzene rings is 3. The lowest BCUT2D eigenvalue weighted by atomic mass is 10.1. The fraction of sp³-hybridized carbons (Fsp3) is 0.259. The number of hydrogen-bond donors (Lipinski definition) is 1. The Morgan fingerprint density at radius 3 is 2.05 bits per heavy atom. The lowest BCUT2D eigenvalue weighted by Crippen LogP contribution is -2.51. The molecule has 12 heteroatoms. The van der Waals surface area contributed by atoms with E-state index in [1.807, 2.05) is 6.92 Å². The van der Waals surface area contributed by atoms with Crippen molar-refractivity contribution in [3.05, 3.63) is 92.4 Å². The largest absolute Gasteiger partial charge is 0.354 e. The van der Waals surface area contributed by atoms with Crippen LogP contribution in [0.3, 0.4) is 0 Å². The first-order valence-electron chi connectivity index (χ1n) is 12.0. The maximum Gasteiger partial charge on any atom is 0.264 e. The van der Waals surface area contributed by atoms with Crippen LogP contribution in [0.1, 0.15) is 25.8 Å². The Hall–Kier alpha value is -2.49. The Balaban J connectivity index is 2.08. The molecule has 3 aromatic rings. The van der Waals surface area contributed by atoms with Gasteiger partial charge in [-0.25, -0.2) is 8.42 Å². The van der Waals surface area contributed by atoms with Crippen molar-refractivity contribution in [2.24, 2.45) is 0 Å². The molecule has 2 amide bonds. The summed E-state index contributed by atoms with van der Waals surface area (Å²) in [6.45, 7) is 3.09. The van der Waals surface area contributed by atoms with Crippen molar-refractivity contribution < 1.29 is 18.0 Å². The average molecular weight is 631 g/mol. The third-order valence-electron chi connectivity index (χ3n) is 5.85. The molecule has 7 nitrogen and oxygen atoms in total. The van der Waals surface area contributed by atoms with Gasteiger partial charge in [0.2, 0.25) is 11.8 Å². The van der Waals surface area contributed by atoms with Crippen LogP contribution in [0.25, 0.3) is 0 Å². The van der Waals surface area contributed by atoms with E-state index in [2.05, 4.69) is 5.32 Å². The minimum Gasteiger partial charge on any atom is -0.354 e. The molecule has 3 aromatic carbocycles. The summed E-state index contributed by atoms with van der Waals surface area (Å²) in [5, 5.41) is 3.75. The fourth-order valence-corrected chi connectivity index (χ4v) is 6.21. The SMILES string of the molecule is CCCNC(=O)[C@H](C)N(Cc1c(Cl)cccc1Cl)C(=O)CN(c1cc(Cl)cc(Cl)c1)S(=O)(=O)c1ccccc1. The van der Waals surface area contributed by atoms with Gasteiger partial charge in [-0.1, -0.05) is 77.6 Å². The Morgan fingerprint density at radius 2 is 1.49 bits per heavy atom. The molecule has 0 bridgehead atoms. The number of hydrogen-bond acceptors (Lipinski definition) is 4. The minimum atomic E-state index is -4.25. The Bertz CT molecular complexity index is 1400. The van der Waals surface area contributed by atoms with Gasteiger partial charge in [-0.3, -0.25) is 13.9 Å². The van der Waals surface area contributed by atoms with E-state index in [1.54, 1.807) is 43.3 Å². The van der Waals surface area contributed by atoms with Gasteiger partial charge >= 0.3 is 0 Å². The summed E-state index contributed by atoms with van der Waals surface area (Å²) < 4.78 is 28.5. The average Bonchev–Trinajstić information content (AvgIpc) is 2.89. The smallest absolute Gasteiger partial charge is 0.264 e. The molecule has 39 heavy (non-hydrogen) atoms. The molecular weight excluding hydrogens is 604 g/mol. The molecule has 3 rings (SSSR count). The van der Waals surface area contributed by atoms with Crippen molar-refractivity contribution >= 4 is 73.9 Å². The first-order chi connectivity index (χ1) is 18.4. The van der Waals surface area contributed by atoms with Crippen LogP contribution >= 0.6 is 46.4 Å². The summed E-state index contributed by atoms with van der Waals surface area (Å²) in [6.07, 6.45) is 0.696. The van der Waals surface area contributed by atoms with Crippen LogP contribution in [-0.4, -0.2) is 44.3 Å². The van der Waals surface area contributed by atoms with Gasteiger partial charge in [-0.2, -0.15) is 0 Å². The second kappa shape index (κ2) is 13.7. The standard InChI is InChI=1S/C27H27Cl4N3O4S/c1-3-12-32-27(36)18(2)33(16-23-24(30)10-7-11-25(23)31)26(35)17-34(21-14-19(28)13-20(29)15-21)39(37,38)22-8-5-4-6-9-22/h4-11,13-15,18H,3,12,16-17H2,1-2H3,(H,32,36)/t18-/m0/s1. The zero-order valence-corrected chi connectivity index (χ0v) is 25.0. The van der Waals surface area contributed by atoms with Gasteiger partial charge in [0.05, 0.1) is 10.6 Å². The van der Waals surface area contributed by atoms with Crippen molar-refractivity contribution in [3.63, 3.8) is 0 Å². The van der Waals surface area contributed by atoms with E-state index in [1.165, 1.54) is 35.2 Å². The van der Waals surface area contributed by atoms with E-state index in [-0.39, 0.29) is 27.2 Å². The zero-order chi connectivity index (χ0) is 28.7. The van der Waals surface area contributed by atoms with Crippen LogP contribution in [-0.2, 0) is 26.2 Å². The van der Waals surface area contributed by atoms with Gasteiger partial charge in [-0.05, 0) is 55.8 Å². The molecule has 0 spiro atoms. The molecule has 0 aliphatic rings. The summed E-state index contributed by atoms with van der Waals surface area (Å²) in [6, 6.07) is 15.8. The summed E-state index contributed by atoms with van der Waals surface area (Å²) in [4.78, 5) is 28.1. The van der Waals surface area contributed by atoms with E-state index < -0.39 is 34.4 Å². The van der Waals surface area contributed by atoms with Crippen LogP contribution in [0.2, 0.25) is 20.1 Å². The second-order valence-corrected chi connectivity index (χ2v) is 12.2. The summed E-state index contributed by atoms with van der Waals surface area (Å²) >= 11 is 25.1. The molecule has 0 saturated carbocycles. The molecule has 208 valence electrons. The van der Waals surface area contributed by atoms with E-state index in [4.69, 9.17) is 46.4 Å². The number of halogens is 4. The Morgan fingerprint density at radius 1 is 0.897 bits per heavy atom. The first-order valence-corrected chi connectivity index (χ1v) is 14.9. The highest BCUT2D eigenvalue weighted by molar-refractivity contribution is 7.92. The number of carbonyl (C=O) groups is 2. The maximum absolute atomic E-state index is 13.9. The van der Waals surface area contributed by atoms with Gasteiger partial charge in [0.15, 0.2) is 0 Å². The molecular formula is C27H27Cl4N3O4S. The number of nitrogens with one attached hydrogen (secondary N) is 1. The van der Waals surface area contributed by atoms with Crippen molar-refractivity contribution in [1.29, 1.82) is 0 Å². The summed E-state index contributed by atoms with van der Waals surface area (Å²) in [5.74, 6) is -1.07. The third kappa shape index (κ3) is 7.80.